The smallest absolute Gasteiger partial charge is 0.251 e. The molecule has 0 saturated heterocycles. The highest BCUT2D eigenvalue weighted by atomic mass is 35.5. The van der Waals surface area contributed by atoms with Crippen LogP contribution in [0.5, 0.6) is 5.75 Å². The van der Waals surface area contributed by atoms with Gasteiger partial charge >= 0.3 is 0 Å². The predicted molar refractivity (Wildman–Crippen MR) is 112 cm³/mol. The van der Waals surface area contributed by atoms with Gasteiger partial charge in [-0.3, -0.25) is 19.3 Å². The monoisotopic (exact) mass is 477 g/mol. The quantitative estimate of drug-likeness (QED) is 0.336. The molecule has 11 heteroatoms. The molecule has 10 nitrogen and oxygen atoms in total. The number of phenols is 1. The van der Waals surface area contributed by atoms with E-state index in [1.807, 2.05) is 0 Å². The molecule has 3 aliphatic carbocycles. The number of aliphatic hydroxyl groups is 3. The summed E-state index contributed by atoms with van der Waals surface area (Å²) in [7, 11) is 2.93. The highest BCUT2D eigenvalue weighted by Gasteiger charge is 2.64. The van der Waals surface area contributed by atoms with Crippen LogP contribution in [0.15, 0.2) is 29.0 Å². The van der Waals surface area contributed by atoms with Crippen LogP contribution in [0.3, 0.4) is 0 Å². The molecule has 0 spiro atoms. The molecule has 0 aliphatic heterocycles. The number of amides is 1. The minimum atomic E-state index is -2.89. The fraction of sp³-hybridized carbons (Fsp3) is 0.409. The van der Waals surface area contributed by atoms with Crippen molar-refractivity contribution in [1.29, 1.82) is 0 Å². The van der Waals surface area contributed by atoms with Crippen molar-refractivity contribution in [2.24, 2.45) is 17.6 Å². The third-order valence-corrected chi connectivity index (χ3v) is 7.36. The molecule has 0 aromatic heterocycles. The van der Waals surface area contributed by atoms with Gasteiger partial charge in [-0.25, -0.2) is 0 Å². The molecule has 0 heterocycles. The summed E-state index contributed by atoms with van der Waals surface area (Å²) in [5, 5.41) is 57.4. The summed E-state index contributed by atoms with van der Waals surface area (Å²) in [6, 6.07) is 1.18. The maximum Gasteiger partial charge on any atom is 0.251 e. The third-order valence-electron chi connectivity index (χ3n) is 7.05. The van der Waals surface area contributed by atoms with Gasteiger partial charge < -0.3 is 31.3 Å². The Morgan fingerprint density at radius 2 is 1.85 bits per heavy atom. The summed E-state index contributed by atoms with van der Waals surface area (Å²) in [5.74, 6) is -8.87. The zero-order valence-electron chi connectivity index (χ0n) is 17.9. The Bertz CT molecular complexity index is 1200. The lowest BCUT2D eigenvalue weighted by molar-refractivity contribution is -0.339. The van der Waals surface area contributed by atoms with Gasteiger partial charge in [0, 0.05) is 28.0 Å². The zero-order chi connectivity index (χ0) is 24.8. The fourth-order valence-electron chi connectivity index (χ4n) is 5.56. The molecule has 1 aromatic carbocycles. The number of phenolic OH excluding ortho intramolecular Hbond substituents is 1. The molecule has 1 saturated carbocycles. The lowest BCUT2D eigenvalue weighted by atomic mass is 9.54. The molecule has 1 amide bonds. The number of rotatable bonds is 2. The number of hydrogen-bond donors (Lipinski definition) is 5. The second-order valence-corrected chi connectivity index (χ2v) is 9.46. The van der Waals surface area contributed by atoms with E-state index in [1.54, 1.807) is 0 Å². The molecule has 0 radical (unpaired) electrons. The number of nitrogens with two attached hydrogens (primary N) is 1. The van der Waals surface area contributed by atoms with Crippen molar-refractivity contribution in [3.05, 3.63) is 45.2 Å². The van der Waals surface area contributed by atoms with Crippen LogP contribution >= 0.6 is 11.6 Å². The maximum atomic E-state index is 13.7. The average Bonchev–Trinajstić information content (AvgIpc) is 2.69. The van der Waals surface area contributed by atoms with Crippen LogP contribution in [0.2, 0.25) is 5.02 Å². The highest BCUT2D eigenvalue weighted by molar-refractivity contribution is 6.32. The molecule has 0 unspecified atom stereocenters. The molecule has 5 atom stereocenters. The van der Waals surface area contributed by atoms with Crippen LogP contribution in [0.25, 0.3) is 5.76 Å². The van der Waals surface area contributed by atoms with Crippen molar-refractivity contribution >= 4 is 34.8 Å². The molecule has 0 bridgehead atoms. The molecule has 1 fully saturated rings. The number of aromatic hydroxyl groups is 1. The SMILES string of the molecule is CN(C)[C@@H]1C(=O)C(C(N)=O)=C([O-])[C@@]2(O)C(=O)C3=C(O)c4c(O)ccc(Cl)c4[C@@](C)(O)[C@H]3C[C@@H]12. The molecule has 4 rings (SSSR count). The van der Waals surface area contributed by atoms with Gasteiger partial charge in [-0.2, -0.15) is 0 Å². The molecule has 33 heavy (non-hydrogen) atoms. The second kappa shape index (κ2) is 7.04. The Labute approximate surface area is 193 Å². The summed E-state index contributed by atoms with van der Waals surface area (Å²) < 4.78 is 0. The summed E-state index contributed by atoms with van der Waals surface area (Å²) in [4.78, 5) is 39.9. The van der Waals surface area contributed by atoms with E-state index >= 15 is 0 Å². The predicted octanol–water partition coefficient (Wildman–Crippen LogP) is -0.915. The van der Waals surface area contributed by atoms with Gasteiger partial charge in [-0.15, -0.1) is 0 Å². The lowest BCUT2D eigenvalue weighted by Crippen LogP contribution is -2.68. The Morgan fingerprint density at radius 3 is 2.39 bits per heavy atom. The number of carbonyl (C=O) groups is 3. The first-order chi connectivity index (χ1) is 15.2. The maximum absolute atomic E-state index is 13.7. The Kier molecular flexibility index (Phi) is 4.96. The Hall–Kier alpha value is -2.92. The van der Waals surface area contributed by atoms with Crippen LogP contribution in [0.4, 0.5) is 0 Å². The highest BCUT2D eigenvalue weighted by Crippen LogP contribution is 2.58. The number of benzene rings is 1. The minimum absolute atomic E-state index is 0.0102. The van der Waals surface area contributed by atoms with Crippen LogP contribution in [-0.2, 0) is 20.0 Å². The van der Waals surface area contributed by atoms with Gasteiger partial charge in [-0.05, 0) is 39.6 Å². The largest absolute Gasteiger partial charge is 0.873 e. The standard InChI is InChI=1S/C22H23ClN2O8/c1-21(32)7-6-8-15(25(2)3)17(28)13(20(24)31)19(30)22(8,33)18(29)11(7)16(27)12-10(26)5-4-9(23)14(12)21/h4-5,7-8,15,26-27,30,32-33H,6H2,1-3H3,(H2,24,31)/p-1/t7-,8-,15-,21-,22-/m0/s1. The van der Waals surface area contributed by atoms with Gasteiger partial charge in [0.05, 0.1) is 22.8 Å². The van der Waals surface area contributed by atoms with E-state index in [4.69, 9.17) is 17.3 Å². The van der Waals surface area contributed by atoms with Crippen molar-refractivity contribution in [2.45, 2.75) is 30.6 Å². The van der Waals surface area contributed by atoms with E-state index in [9.17, 15) is 39.9 Å². The number of ketones is 2. The van der Waals surface area contributed by atoms with Crippen molar-refractivity contribution in [3.63, 3.8) is 0 Å². The zero-order valence-corrected chi connectivity index (χ0v) is 18.7. The molecular weight excluding hydrogens is 456 g/mol. The summed E-state index contributed by atoms with van der Waals surface area (Å²) in [6.45, 7) is 1.32. The van der Waals surface area contributed by atoms with Crippen molar-refractivity contribution in [1.82, 2.24) is 4.90 Å². The van der Waals surface area contributed by atoms with E-state index in [2.05, 4.69) is 0 Å². The van der Waals surface area contributed by atoms with E-state index in [0.717, 1.165) is 6.07 Å². The molecule has 176 valence electrons. The Balaban J connectivity index is 2.07. The van der Waals surface area contributed by atoms with Crippen molar-refractivity contribution < 1.29 is 39.9 Å². The van der Waals surface area contributed by atoms with Crippen molar-refractivity contribution in [2.75, 3.05) is 14.1 Å². The van der Waals surface area contributed by atoms with Gasteiger partial charge in [0.2, 0.25) is 0 Å². The average molecular weight is 478 g/mol. The first-order valence-corrected chi connectivity index (χ1v) is 10.4. The number of fused-ring (bicyclic) bond motifs is 3. The number of halogens is 1. The summed E-state index contributed by atoms with van der Waals surface area (Å²) >= 11 is 6.27. The van der Waals surface area contributed by atoms with Crippen LogP contribution in [-0.4, -0.2) is 68.5 Å². The van der Waals surface area contributed by atoms with Crippen LogP contribution < -0.4 is 10.8 Å². The van der Waals surface area contributed by atoms with Crippen molar-refractivity contribution in [3.8, 4) is 5.75 Å². The van der Waals surface area contributed by atoms with Gasteiger partial charge in [0.1, 0.15) is 17.1 Å². The van der Waals surface area contributed by atoms with E-state index in [-0.39, 0.29) is 22.6 Å². The number of hydrogen-bond acceptors (Lipinski definition) is 9. The molecular formula is C22H22ClN2O8-. The summed E-state index contributed by atoms with van der Waals surface area (Å²) in [6.07, 6.45) is -0.299. The van der Waals surface area contributed by atoms with Gasteiger partial charge in [-0.1, -0.05) is 17.4 Å². The number of aliphatic hydroxyl groups excluding tert-OH is 1. The fourth-order valence-corrected chi connectivity index (χ4v) is 5.91. The van der Waals surface area contributed by atoms with E-state index < -0.39 is 75.0 Å². The topological polar surface area (TPSA) is 184 Å². The van der Waals surface area contributed by atoms with E-state index in [1.165, 1.54) is 32.0 Å². The lowest BCUT2D eigenvalue weighted by Gasteiger charge is -2.55. The van der Waals surface area contributed by atoms with Crippen LogP contribution in [0, 0.1) is 11.8 Å². The molecule has 1 aromatic rings. The number of nitrogens with zero attached hydrogens (tertiary/aromatic N) is 1. The second-order valence-electron chi connectivity index (χ2n) is 9.06. The first-order valence-electron chi connectivity index (χ1n) is 10.1. The first kappa shape index (κ1) is 23.2. The van der Waals surface area contributed by atoms with E-state index in [0.29, 0.717) is 0 Å². The third kappa shape index (κ3) is 2.75. The number of primary amides is 1. The number of likely N-dealkylation sites (N-methyl/N-ethyl adjacent to an activating group) is 1. The molecule has 3 aliphatic rings. The number of carbonyl (C=O) groups excluding carboxylic acids is 3. The normalized spacial score (nSPS) is 33.7. The summed E-state index contributed by atoms with van der Waals surface area (Å²) in [5.41, 5.74) is -1.46. The Morgan fingerprint density at radius 1 is 1.24 bits per heavy atom. The van der Waals surface area contributed by atoms with Gasteiger partial charge in [0.25, 0.3) is 5.91 Å². The van der Waals surface area contributed by atoms with Gasteiger partial charge in [0.15, 0.2) is 11.6 Å². The van der Waals surface area contributed by atoms with Crippen LogP contribution in [0.1, 0.15) is 24.5 Å². The molecule has 6 N–H and O–H groups in total. The minimum Gasteiger partial charge on any atom is -0.873 e. The number of Topliss-reactive ketones (excluding diaryl/α,β-unsaturated/α-hetero) is 2.